The maximum Gasteiger partial charge on any atom is 0.417 e. The average Bonchev–Trinajstić information content (AvgIpc) is 2.45. The number of alkyl halides is 3. The second kappa shape index (κ2) is 8.81. The maximum absolute atomic E-state index is 12.5. The molecule has 23 heavy (non-hydrogen) atoms. The van der Waals surface area contributed by atoms with E-state index in [-0.39, 0.29) is 17.5 Å². The summed E-state index contributed by atoms with van der Waals surface area (Å²) < 4.78 is 42.7. The van der Waals surface area contributed by atoms with Gasteiger partial charge in [-0.1, -0.05) is 25.4 Å². The Labute approximate surface area is 138 Å². The minimum Gasteiger partial charge on any atom is -0.477 e. The zero-order chi connectivity index (χ0) is 17.5. The van der Waals surface area contributed by atoms with E-state index >= 15 is 0 Å². The van der Waals surface area contributed by atoms with Crippen LogP contribution in [0.25, 0.3) is 0 Å². The number of hydrogen-bond acceptors (Lipinski definition) is 3. The van der Waals surface area contributed by atoms with Gasteiger partial charge in [0.15, 0.2) is 5.96 Å². The lowest BCUT2D eigenvalue weighted by molar-refractivity contribution is -0.137. The van der Waals surface area contributed by atoms with E-state index in [1.807, 2.05) is 13.8 Å². The normalized spacial score (nSPS) is 12.6. The molecule has 0 atom stereocenters. The molecule has 130 valence electrons. The molecule has 0 amide bonds. The third kappa shape index (κ3) is 7.40. The summed E-state index contributed by atoms with van der Waals surface area (Å²) in [6, 6.07) is 0.790. The molecular weight excluding hydrogens is 333 g/mol. The van der Waals surface area contributed by atoms with Gasteiger partial charge in [0.1, 0.15) is 5.02 Å². The molecule has 5 nitrogen and oxygen atoms in total. The van der Waals surface area contributed by atoms with E-state index in [1.165, 1.54) is 0 Å². The Morgan fingerprint density at radius 3 is 2.74 bits per heavy atom. The van der Waals surface area contributed by atoms with Crippen LogP contribution < -0.4 is 15.8 Å². The van der Waals surface area contributed by atoms with Crippen molar-refractivity contribution in [3.05, 3.63) is 22.8 Å². The molecule has 0 bridgehead atoms. The smallest absolute Gasteiger partial charge is 0.417 e. The van der Waals surface area contributed by atoms with E-state index < -0.39 is 11.7 Å². The van der Waals surface area contributed by atoms with Crippen molar-refractivity contribution in [1.29, 1.82) is 0 Å². The zero-order valence-electron chi connectivity index (χ0n) is 13.0. The molecule has 1 aromatic rings. The monoisotopic (exact) mass is 352 g/mol. The topological polar surface area (TPSA) is 72.5 Å². The standard InChI is InChI=1S/C14H20ClF3N4O/c1-9(2)7-22-13(19)20-4-3-5-23-12-11(15)6-10(8-21-12)14(16,17)18/h6,8-9H,3-5,7H2,1-2H3,(H3,19,20,22). The van der Waals surface area contributed by atoms with Crippen molar-refractivity contribution in [3.8, 4) is 5.88 Å². The number of halogens is 4. The number of nitrogens with zero attached hydrogens (tertiary/aromatic N) is 2. The number of aromatic nitrogens is 1. The molecule has 0 saturated carbocycles. The minimum absolute atomic E-state index is 0.0267. The van der Waals surface area contributed by atoms with Crippen LogP contribution in [0, 0.1) is 5.92 Å². The Morgan fingerprint density at radius 1 is 1.48 bits per heavy atom. The highest BCUT2D eigenvalue weighted by Gasteiger charge is 2.31. The molecule has 0 aliphatic heterocycles. The maximum atomic E-state index is 12.5. The zero-order valence-corrected chi connectivity index (χ0v) is 13.7. The van der Waals surface area contributed by atoms with Crippen molar-refractivity contribution in [1.82, 2.24) is 10.3 Å². The van der Waals surface area contributed by atoms with Gasteiger partial charge in [-0.25, -0.2) is 4.98 Å². The molecule has 0 spiro atoms. The predicted octanol–water partition coefficient (Wildman–Crippen LogP) is 3.08. The van der Waals surface area contributed by atoms with Crippen LogP contribution in [0.4, 0.5) is 13.2 Å². The third-order valence-electron chi connectivity index (χ3n) is 2.63. The van der Waals surface area contributed by atoms with E-state index in [9.17, 15) is 13.2 Å². The van der Waals surface area contributed by atoms with Gasteiger partial charge in [0.2, 0.25) is 5.88 Å². The molecule has 0 aliphatic carbocycles. The van der Waals surface area contributed by atoms with Crippen molar-refractivity contribution < 1.29 is 17.9 Å². The first-order chi connectivity index (χ1) is 10.7. The first-order valence-electron chi connectivity index (χ1n) is 7.09. The Kier molecular flexibility index (Phi) is 7.41. The predicted molar refractivity (Wildman–Crippen MR) is 83.7 cm³/mol. The highest BCUT2D eigenvalue weighted by atomic mass is 35.5. The van der Waals surface area contributed by atoms with Crippen LogP contribution in [-0.2, 0) is 6.18 Å². The lowest BCUT2D eigenvalue weighted by atomic mass is 10.2. The third-order valence-corrected chi connectivity index (χ3v) is 2.90. The Morgan fingerprint density at radius 2 is 2.17 bits per heavy atom. The highest BCUT2D eigenvalue weighted by molar-refractivity contribution is 6.31. The number of nitrogens with one attached hydrogen (secondary N) is 1. The quantitative estimate of drug-likeness (QED) is 0.449. The van der Waals surface area contributed by atoms with E-state index in [0.717, 1.165) is 6.07 Å². The Hall–Kier alpha value is -1.70. The number of aliphatic imine (C=N–C) groups is 1. The van der Waals surface area contributed by atoms with Crippen LogP contribution in [0.2, 0.25) is 5.02 Å². The first kappa shape index (κ1) is 19.3. The van der Waals surface area contributed by atoms with E-state index in [0.29, 0.717) is 37.6 Å². The van der Waals surface area contributed by atoms with Crippen LogP contribution in [0.3, 0.4) is 0 Å². The Balaban J connectivity index is 2.35. The average molecular weight is 353 g/mol. The summed E-state index contributed by atoms with van der Waals surface area (Å²) in [5.41, 5.74) is 4.74. The summed E-state index contributed by atoms with van der Waals surface area (Å²) in [7, 11) is 0. The van der Waals surface area contributed by atoms with Gasteiger partial charge in [-0.15, -0.1) is 0 Å². The Bertz CT molecular complexity index is 535. The fourth-order valence-electron chi connectivity index (χ4n) is 1.48. The van der Waals surface area contributed by atoms with Gasteiger partial charge in [-0.05, 0) is 18.4 Å². The van der Waals surface area contributed by atoms with E-state index in [1.54, 1.807) is 0 Å². The number of hydrogen-bond donors (Lipinski definition) is 2. The highest BCUT2D eigenvalue weighted by Crippen LogP contribution is 2.33. The van der Waals surface area contributed by atoms with Crippen molar-refractivity contribution in [2.24, 2.45) is 16.6 Å². The van der Waals surface area contributed by atoms with Crippen LogP contribution in [0.15, 0.2) is 17.3 Å². The van der Waals surface area contributed by atoms with Gasteiger partial charge in [-0.2, -0.15) is 13.2 Å². The largest absolute Gasteiger partial charge is 0.477 e. The lowest BCUT2D eigenvalue weighted by Crippen LogP contribution is -2.33. The molecule has 3 N–H and O–H groups in total. The molecule has 9 heteroatoms. The van der Waals surface area contributed by atoms with Gasteiger partial charge in [-0.3, -0.25) is 4.99 Å². The SMILES string of the molecule is CC(C)CN=C(N)NCCCOc1ncc(C(F)(F)F)cc1Cl. The van der Waals surface area contributed by atoms with Gasteiger partial charge in [0.05, 0.1) is 12.2 Å². The molecule has 1 aromatic heterocycles. The van der Waals surface area contributed by atoms with Gasteiger partial charge >= 0.3 is 6.18 Å². The summed E-state index contributed by atoms with van der Waals surface area (Å²) in [6.45, 7) is 5.46. The first-order valence-corrected chi connectivity index (χ1v) is 7.47. The van der Waals surface area contributed by atoms with Crippen molar-refractivity contribution in [3.63, 3.8) is 0 Å². The second-order valence-electron chi connectivity index (χ2n) is 5.26. The molecule has 0 aromatic carbocycles. The molecule has 0 aliphatic rings. The summed E-state index contributed by atoms with van der Waals surface area (Å²) in [4.78, 5) is 7.71. The van der Waals surface area contributed by atoms with Crippen LogP contribution in [0.1, 0.15) is 25.8 Å². The van der Waals surface area contributed by atoms with E-state index in [4.69, 9.17) is 22.1 Å². The van der Waals surface area contributed by atoms with Crippen LogP contribution in [0.5, 0.6) is 5.88 Å². The van der Waals surface area contributed by atoms with Crippen LogP contribution in [-0.4, -0.2) is 30.6 Å². The van der Waals surface area contributed by atoms with Crippen LogP contribution >= 0.6 is 11.6 Å². The summed E-state index contributed by atoms with van der Waals surface area (Å²) in [5, 5.41) is 2.74. The van der Waals surface area contributed by atoms with Gasteiger partial charge in [0, 0.05) is 19.3 Å². The lowest BCUT2D eigenvalue weighted by Gasteiger charge is -2.10. The van der Waals surface area contributed by atoms with Crippen molar-refractivity contribution in [2.45, 2.75) is 26.4 Å². The minimum atomic E-state index is -4.48. The molecule has 0 fully saturated rings. The molecular formula is C14H20ClF3N4O. The van der Waals surface area contributed by atoms with Gasteiger partial charge < -0.3 is 15.8 Å². The van der Waals surface area contributed by atoms with Crippen molar-refractivity contribution >= 4 is 17.6 Å². The summed E-state index contributed by atoms with van der Waals surface area (Å²) >= 11 is 5.73. The molecule has 0 unspecified atom stereocenters. The number of nitrogens with two attached hydrogens (primary N) is 1. The molecule has 1 rings (SSSR count). The molecule has 0 saturated heterocycles. The number of pyridine rings is 1. The fourth-order valence-corrected chi connectivity index (χ4v) is 1.70. The second-order valence-corrected chi connectivity index (χ2v) is 5.66. The summed E-state index contributed by atoms with van der Waals surface area (Å²) in [5.74, 6) is 0.747. The molecule has 0 radical (unpaired) electrons. The number of rotatable bonds is 7. The number of ether oxygens (including phenoxy) is 1. The number of guanidine groups is 1. The summed E-state index contributed by atoms with van der Waals surface area (Å²) in [6.07, 6.45) is -3.22. The fraction of sp³-hybridized carbons (Fsp3) is 0.571. The molecule has 1 heterocycles. The van der Waals surface area contributed by atoms with Crippen molar-refractivity contribution in [2.75, 3.05) is 19.7 Å². The van der Waals surface area contributed by atoms with E-state index in [2.05, 4.69) is 15.3 Å². The van der Waals surface area contributed by atoms with Gasteiger partial charge in [0.25, 0.3) is 0 Å².